The van der Waals surface area contributed by atoms with Crippen LogP contribution in [0.25, 0.3) is 0 Å². The Morgan fingerprint density at radius 3 is 2.81 bits per heavy atom. The lowest BCUT2D eigenvalue weighted by Crippen LogP contribution is -2.40. The first-order valence-electron chi connectivity index (χ1n) is 9.70. The molecule has 1 atom stereocenters. The molecule has 0 aromatic heterocycles. The molecule has 0 saturated heterocycles. The number of guanidine groups is 1. The standard InChI is InChI=1S/C20H34N4O.HI/c1-4-21-20(22-13-8-9-15-25-5-2)23-16-17(3)24-14-12-18-10-6-7-11-19(18)24;/h6-7,10-11,17H,4-5,8-9,12-16H2,1-3H3,(H2,21,22,23);1H. The first kappa shape index (κ1) is 23.0. The van der Waals surface area contributed by atoms with Crippen LogP contribution in [0.2, 0.25) is 0 Å². The maximum absolute atomic E-state index is 5.37. The van der Waals surface area contributed by atoms with Gasteiger partial charge in [-0.2, -0.15) is 0 Å². The molecule has 0 aliphatic carbocycles. The van der Waals surface area contributed by atoms with Gasteiger partial charge in [0.25, 0.3) is 0 Å². The number of nitrogens with zero attached hydrogens (tertiary/aromatic N) is 2. The molecule has 0 radical (unpaired) electrons. The van der Waals surface area contributed by atoms with E-state index >= 15 is 0 Å². The molecule has 1 unspecified atom stereocenters. The van der Waals surface area contributed by atoms with E-state index in [9.17, 15) is 0 Å². The number of para-hydroxylation sites is 1. The minimum absolute atomic E-state index is 0. The summed E-state index contributed by atoms with van der Waals surface area (Å²) >= 11 is 0. The second kappa shape index (κ2) is 13.2. The molecule has 1 aliphatic heterocycles. The Hall–Kier alpha value is -1.02. The zero-order valence-electron chi connectivity index (χ0n) is 16.5. The fourth-order valence-electron chi connectivity index (χ4n) is 3.17. The second-order valence-electron chi connectivity index (χ2n) is 6.47. The van der Waals surface area contributed by atoms with Crippen LogP contribution in [0.5, 0.6) is 0 Å². The average Bonchev–Trinajstić information content (AvgIpc) is 3.06. The van der Waals surface area contributed by atoms with Crippen LogP contribution in [-0.4, -0.2) is 51.4 Å². The quantitative estimate of drug-likeness (QED) is 0.236. The maximum Gasteiger partial charge on any atom is 0.191 e. The zero-order chi connectivity index (χ0) is 17.9. The number of benzene rings is 1. The van der Waals surface area contributed by atoms with Crippen LogP contribution in [0.15, 0.2) is 29.3 Å². The summed E-state index contributed by atoms with van der Waals surface area (Å²) in [5.41, 5.74) is 2.83. The van der Waals surface area contributed by atoms with Crippen molar-refractivity contribution in [2.45, 2.75) is 46.1 Å². The van der Waals surface area contributed by atoms with Crippen molar-refractivity contribution in [3.63, 3.8) is 0 Å². The summed E-state index contributed by atoms with van der Waals surface area (Å²) in [7, 11) is 0. The van der Waals surface area contributed by atoms with E-state index in [-0.39, 0.29) is 24.0 Å². The monoisotopic (exact) mass is 474 g/mol. The number of unbranched alkanes of at least 4 members (excludes halogenated alkanes) is 1. The van der Waals surface area contributed by atoms with Crippen LogP contribution >= 0.6 is 24.0 Å². The fraction of sp³-hybridized carbons (Fsp3) is 0.650. The molecule has 1 aliphatic rings. The van der Waals surface area contributed by atoms with Gasteiger partial charge in [0.1, 0.15) is 0 Å². The number of anilines is 1. The molecule has 2 rings (SSSR count). The highest BCUT2D eigenvalue weighted by molar-refractivity contribution is 14.0. The van der Waals surface area contributed by atoms with Crippen molar-refractivity contribution < 1.29 is 4.74 Å². The van der Waals surface area contributed by atoms with Gasteiger partial charge in [-0.05, 0) is 51.7 Å². The molecule has 1 heterocycles. The van der Waals surface area contributed by atoms with Crippen molar-refractivity contribution in [3.05, 3.63) is 29.8 Å². The fourth-order valence-corrected chi connectivity index (χ4v) is 3.17. The summed E-state index contributed by atoms with van der Waals surface area (Å²) in [5.74, 6) is 0.915. The highest BCUT2D eigenvalue weighted by Gasteiger charge is 2.22. The lowest BCUT2D eigenvalue weighted by atomic mass is 10.2. The number of aliphatic imine (C=N–C) groups is 1. The van der Waals surface area contributed by atoms with Crippen LogP contribution in [-0.2, 0) is 11.2 Å². The van der Waals surface area contributed by atoms with E-state index < -0.39 is 0 Å². The van der Waals surface area contributed by atoms with Gasteiger partial charge in [-0.3, -0.25) is 4.99 Å². The highest BCUT2D eigenvalue weighted by atomic mass is 127. The van der Waals surface area contributed by atoms with Gasteiger partial charge in [0.05, 0.1) is 6.54 Å². The Kier molecular flexibility index (Phi) is 11.7. The second-order valence-corrected chi connectivity index (χ2v) is 6.47. The van der Waals surface area contributed by atoms with E-state index in [2.05, 4.69) is 53.6 Å². The topological polar surface area (TPSA) is 48.9 Å². The third-order valence-corrected chi connectivity index (χ3v) is 4.53. The molecule has 0 fully saturated rings. The number of fused-ring (bicyclic) bond motifs is 1. The minimum Gasteiger partial charge on any atom is -0.382 e. The van der Waals surface area contributed by atoms with Crippen molar-refractivity contribution in [2.75, 3.05) is 44.3 Å². The molecule has 0 bridgehead atoms. The van der Waals surface area contributed by atoms with Gasteiger partial charge in [-0.1, -0.05) is 18.2 Å². The molecule has 148 valence electrons. The maximum atomic E-state index is 5.37. The van der Waals surface area contributed by atoms with Crippen molar-refractivity contribution in [1.29, 1.82) is 0 Å². The van der Waals surface area contributed by atoms with Gasteiger partial charge in [0, 0.05) is 44.6 Å². The average molecular weight is 474 g/mol. The van der Waals surface area contributed by atoms with Gasteiger partial charge < -0.3 is 20.3 Å². The molecular weight excluding hydrogens is 439 g/mol. The summed E-state index contributed by atoms with van der Waals surface area (Å²) < 4.78 is 5.37. The first-order chi connectivity index (χ1) is 12.3. The SMILES string of the molecule is CCNC(=NCC(C)N1CCc2ccccc21)NCCCCOCC.I. The van der Waals surface area contributed by atoms with Crippen LogP contribution in [0, 0.1) is 0 Å². The summed E-state index contributed by atoms with van der Waals surface area (Å²) in [4.78, 5) is 7.26. The van der Waals surface area contributed by atoms with Gasteiger partial charge >= 0.3 is 0 Å². The van der Waals surface area contributed by atoms with Crippen LogP contribution in [0.3, 0.4) is 0 Å². The van der Waals surface area contributed by atoms with E-state index in [0.717, 1.165) is 64.6 Å². The van der Waals surface area contributed by atoms with Crippen molar-refractivity contribution in [3.8, 4) is 0 Å². The number of nitrogens with one attached hydrogen (secondary N) is 2. The summed E-state index contributed by atoms with van der Waals surface area (Å²) in [6.07, 6.45) is 3.32. The predicted octanol–water partition coefficient (Wildman–Crippen LogP) is 3.43. The molecule has 1 aromatic carbocycles. The molecule has 26 heavy (non-hydrogen) atoms. The van der Waals surface area contributed by atoms with E-state index in [1.54, 1.807) is 0 Å². The molecule has 2 N–H and O–H groups in total. The lowest BCUT2D eigenvalue weighted by molar-refractivity contribution is 0.143. The van der Waals surface area contributed by atoms with Crippen LogP contribution < -0.4 is 15.5 Å². The molecule has 6 heteroatoms. The summed E-state index contributed by atoms with van der Waals surface area (Å²) in [6.45, 7) is 11.7. The van der Waals surface area contributed by atoms with Crippen LogP contribution in [0.1, 0.15) is 39.2 Å². The third-order valence-electron chi connectivity index (χ3n) is 4.53. The smallest absolute Gasteiger partial charge is 0.191 e. The Morgan fingerprint density at radius 1 is 1.23 bits per heavy atom. The largest absolute Gasteiger partial charge is 0.382 e. The third kappa shape index (κ3) is 7.31. The number of rotatable bonds is 10. The van der Waals surface area contributed by atoms with Crippen LogP contribution in [0.4, 0.5) is 5.69 Å². The van der Waals surface area contributed by atoms with E-state index in [0.29, 0.717) is 6.04 Å². The Bertz CT molecular complexity index is 538. The number of halogens is 1. The molecule has 5 nitrogen and oxygen atoms in total. The Morgan fingerprint density at radius 2 is 2.04 bits per heavy atom. The molecule has 1 aromatic rings. The van der Waals surface area contributed by atoms with Gasteiger partial charge in [0.2, 0.25) is 0 Å². The molecule has 0 amide bonds. The lowest BCUT2D eigenvalue weighted by Gasteiger charge is -2.26. The molecule has 0 spiro atoms. The number of ether oxygens (including phenoxy) is 1. The highest BCUT2D eigenvalue weighted by Crippen LogP contribution is 2.29. The van der Waals surface area contributed by atoms with E-state index in [4.69, 9.17) is 9.73 Å². The zero-order valence-corrected chi connectivity index (χ0v) is 18.8. The minimum atomic E-state index is 0. The van der Waals surface area contributed by atoms with Crippen molar-refractivity contribution >= 4 is 35.6 Å². The van der Waals surface area contributed by atoms with Crippen molar-refractivity contribution in [1.82, 2.24) is 10.6 Å². The predicted molar refractivity (Wildman–Crippen MR) is 122 cm³/mol. The summed E-state index contributed by atoms with van der Waals surface area (Å²) in [5, 5.41) is 6.77. The summed E-state index contributed by atoms with van der Waals surface area (Å²) in [6, 6.07) is 9.12. The van der Waals surface area contributed by atoms with E-state index in [1.807, 2.05) is 6.92 Å². The van der Waals surface area contributed by atoms with Gasteiger partial charge in [-0.15, -0.1) is 24.0 Å². The Labute approximate surface area is 176 Å². The molecular formula is C20H35IN4O. The first-order valence-corrected chi connectivity index (χ1v) is 9.70. The molecule has 0 saturated carbocycles. The van der Waals surface area contributed by atoms with Gasteiger partial charge in [0.15, 0.2) is 5.96 Å². The number of hydrogen-bond acceptors (Lipinski definition) is 3. The Balaban J connectivity index is 0.00000338. The number of hydrogen-bond donors (Lipinski definition) is 2. The van der Waals surface area contributed by atoms with Crippen molar-refractivity contribution in [2.24, 2.45) is 4.99 Å². The normalized spacial score (nSPS) is 14.6. The van der Waals surface area contributed by atoms with Gasteiger partial charge in [-0.25, -0.2) is 0 Å². The van der Waals surface area contributed by atoms with E-state index in [1.165, 1.54) is 11.3 Å².